The third kappa shape index (κ3) is 5.13. The smallest absolute Gasteiger partial charge is 0.208 e. The summed E-state index contributed by atoms with van der Waals surface area (Å²) in [5.74, 6) is -11.7. The molecule has 0 bridgehead atoms. The van der Waals surface area contributed by atoms with Crippen molar-refractivity contribution in [1.82, 2.24) is 0 Å². The Morgan fingerprint density at radius 2 is 0.810 bits per heavy atom. The number of phenolic OH excluding ortho intramolecular Hbond substituents is 12. The fourth-order valence-electron chi connectivity index (χ4n) is 8.80. The Bertz CT molecular complexity index is 3550. The van der Waals surface area contributed by atoms with Crippen LogP contribution in [0, 0.1) is 0 Å². The van der Waals surface area contributed by atoms with Gasteiger partial charge >= 0.3 is 0 Å². The fraction of sp³-hybridized carbons (Fsp3) is 0. The predicted molar refractivity (Wildman–Crippen MR) is 239 cm³/mol. The first-order valence-electron chi connectivity index (χ1n) is 19.0. The lowest BCUT2D eigenvalue weighted by Crippen LogP contribution is -2.13. The van der Waals surface area contributed by atoms with Crippen molar-refractivity contribution >= 4 is 80.9 Å². The van der Waals surface area contributed by atoms with Gasteiger partial charge in [-0.15, -0.1) is 0 Å². The van der Waals surface area contributed by atoms with E-state index in [0.29, 0.717) is 43.5 Å². The topological polar surface area (TPSA) is 256 Å². The molecule has 13 nitrogen and oxygen atoms in total. The van der Waals surface area contributed by atoms with Crippen molar-refractivity contribution in [3.8, 4) is 114 Å². The van der Waals surface area contributed by atoms with Crippen LogP contribution in [-0.2, 0) is 0 Å². The molecule has 12 N–H and O–H groups in total. The van der Waals surface area contributed by atoms with Crippen molar-refractivity contribution in [3.05, 3.63) is 97.1 Å². The molecule has 0 aliphatic rings. The van der Waals surface area contributed by atoms with E-state index < -0.39 is 91.0 Å². The highest BCUT2D eigenvalue weighted by Gasteiger charge is 2.32. The number of fused-ring (bicyclic) bond motifs is 7. The first-order valence-corrected chi connectivity index (χ1v) is 19.0. The van der Waals surface area contributed by atoms with Crippen LogP contribution in [0.3, 0.4) is 0 Å². The Hall–Kier alpha value is -8.71. The lowest BCUT2D eigenvalue weighted by molar-refractivity contribution is 0.330. The molecule has 10 aromatic rings. The van der Waals surface area contributed by atoms with Gasteiger partial charge in [0.15, 0.2) is 34.5 Å². The SMILES string of the molecule is [B]c1c(O)c(O)c(O)c(-c2c([B])c(O)c(-c3c4ccccc4c(-c4cccc5oc6c7ccc(-c8c(O)c(O)c(O)c(O)c8O)cc7ccc6c45)c4ccccc34)c(O)c2O)c1O. The van der Waals surface area contributed by atoms with Gasteiger partial charge in [-0.1, -0.05) is 72.8 Å². The summed E-state index contributed by atoms with van der Waals surface area (Å²) in [4.78, 5) is 0. The van der Waals surface area contributed by atoms with Crippen LogP contribution in [0.4, 0.5) is 0 Å². The minimum atomic E-state index is -1.14. The predicted octanol–water partition coefficient (Wildman–Crippen LogP) is 7.77. The summed E-state index contributed by atoms with van der Waals surface area (Å²) in [6, 6.07) is 28.5. The normalized spacial score (nSPS) is 11.7. The van der Waals surface area contributed by atoms with Crippen LogP contribution in [0.25, 0.3) is 98.8 Å². The molecule has 0 saturated carbocycles. The Morgan fingerprint density at radius 1 is 0.333 bits per heavy atom. The Labute approximate surface area is 356 Å². The molecular weight excluding hydrogens is 806 g/mol. The fourth-order valence-corrected chi connectivity index (χ4v) is 8.80. The number of benzene rings is 9. The molecule has 0 fully saturated rings. The van der Waals surface area contributed by atoms with Gasteiger partial charge in [0, 0.05) is 27.3 Å². The average molecular weight is 834 g/mol. The molecule has 0 atom stereocenters. The van der Waals surface area contributed by atoms with Gasteiger partial charge in [-0.05, 0) is 78.8 Å². The summed E-state index contributed by atoms with van der Waals surface area (Å²) in [7, 11) is 12.2. The maximum absolute atomic E-state index is 11.9. The molecule has 0 spiro atoms. The van der Waals surface area contributed by atoms with E-state index in [0.717, 1.165) is 21.9 Å². The van der Waals surface area contributed by atoms with Crippen LogP contribution in [0.15, 0.2) is 101 Å². The third-order valence-electron chi connectivity index (χ3n) is 11.7. The van der Waals surface area contributed by atoms with Crippen LogP contribution >= 0.6 is 0 Å². The van der Waals surface area contributed by atoms with Crippen molar-refractivity contribution < 1.29 is 65.7 Å². The summed E-state index contributed by atoms with van der Waals surface area (Å²) in [5, 5.41) is 134. The van der Waals surface area contributed by atoms with Crippen LogP contribution < -0.4 is 10.9 Å². The van der Waals surface area contributed by atoms with Crippen LogP contribution in [-0.4, -0.2) is 77.0 Å². The second kappa shape index (κ2) is 13.4. The molecule has 1 heterocycles. The summed E-state index contributed by atoms with van der Waals surface area (Å²) < 4.78 is 6.54. The number of phenols is 12. The Balaban J connectivity index is 1.22. The van der Waals surface area contributed by atoms with Crippen molar-refractivity contribution in [2.75, 3.05) is 0 Å². The van der Waals surface area contributed by atoms with E-state index in [9.17, 15) is 61.3 Å². The van der Waals surface area contributed by atoms with Crippen molar-refractivity contribution in [3.63, 3.8) is 0 Å². The molecular formula is C48H28B2O13. The van der Waals surface area contributed by atoms with Gasteiger partial charge in [0.05, 0.1) is 16.7 Å². The van der Waals surface area contributed by atoms with Crippen molar-refractivity contribution in [2.45, 2.75) is 0 Å². The molecule has 0 saturated heterocycles. The highest BCUT2D eigenvalue weighted by atomic mass is 16.4. The summed E-state index contributed by atoms with van der Waals surface area (Å²) in [6.45, 7) is 0. The van der Waals surface area contributed by atoms with Gasteiger partial charge in [0.25, 0.3) is 0 Å². The molecule has 0 amide bonds. The van der Waals surface area contributed by atoms with Crippen LogP contribution in [0.5, 0.6) is 69.0 Å². The second-order valence-corrected chi connectivity index (χ2v) is 15.0. The largest absolute Gasteiger partial charge is 0.508 e. The lowest BCUT2D eigenvalue weighted by atomic mass is 9.78. The maximum Gasteiger partial charge on any atom is 0.208 e. The van der Waals surface area contributed by atoms with Gasteiger partial charge in [-0.3, -0.25) is 0 Å². The van der Waals surface area contributed by atoms with E-state index in [1.165, 1.54) is 0 Å². The van der Waals surface area contributed by atoms with E-state index in [2.05, 4.69) is 0 Å². The number of furan rings is 1. The van der Waals surface area contributed by atoms with E-state index in [1.54, 1.807) is 48.5 Å². The quantitative estimate of drug-likeness (QED) is 0.0351. The van der Waals surface area contributed by atoms with Crippen molar-refractivity contribution in [1.29, 1.82) is 0 Å². The van der Waals surface area contributed by atoms with E-state index in [4.69, 9.17) is 20.1 Å². The molecule has 0 unspecified atom stereocenters. The maximum atomic E-state index is 11.9. The van der Waals surface area contributed by atoms with Crippen LogP contribution in [0.1, 0.15) is 0 Å². The second-order valence-electron chi connectivity index (χ2n) is 15.0. The number of hydrogen-bond acceptors (Lipinski definition) is 13. The first-order chi connectivity index (χ1) is 30.1. The van der Waals surface area contributed by atoms with Gasteiger partial charge in [-0.2, -0.15) is 0 Å². The summed E-state index contributed by atoms with van der Waals surface area (Å²) >= 11 is 0. The molecule has 0 aliphatic carbocycles. The summed E-state index contributed by atoms with van der Waals surface area (Å²) in [5.41, 5.74) is -0.419. The number of rotatable bonds is 4. The molecule has 9 aromatic carbocycles. The van der Waals surface area contributed by atoms with E-state index in [1.807, 2.05) is 48.5 Å². The molecule has 1 aromatic heterocycles. The Kier molecular flexibility index (Phi) is 8.18. The third-order valence-corrected chi connectivity index (χ3v) is 11.7. The monoisotopic (exact) mass is 834 g/mol. The standard InChI is InChI=1S/C48H28B2O13/c49-34-31(33-37(52)35(50)43(58)44(59)42(33)57)40(55)41(56)32(36(34)51)30-22-8-3-1-6-20(22)28(21-7-2-4-9-23(21)30)24-10-5-11-26-29(24)25-15-12-17-16-18(13-14-19(17)48(25)63-26)27-38(53)45(60)47(62)46(61)39(27)54/h1-16,51-62H. The van der Waals surface area contributed by atoms with Crippen molar-refractivity contribution in [2.24, 2.45) is 0 Å². The Morgan fingerprint density at radius 3 is 1.43 bits per heavy atom. The molecule has 15 heteroatoms. The first kappa shape index (κ1) is 38.5. The highest BCUT2D eigenvalue weighted by Crippen LogP contribution is 2.57. The van der Waals surface area contributed by atoms with E-state index in [-0.39, 0.29) is 22.3 Å². The minimum absolute atomic E-state index is 0.222. The van der Waals surface area contributed by atoms with Crippen LogP contribution in [0.2, 0.25) is 0 Å². The molecule has 63 heavy (non-hydrogen) atoms. The van der Waals surface area contributed by atoms with Gasteiger partial charge < -0.3 is 65.7 Å². The van der Waals surface area contributed by atoms with Gasteiger partial charge in [0.1, 0.15) is 38.4 Å². The molecule has 10 rings (SSSR count). The zero-order valence-corrected chi connectivity index (χ0v) is 32.2. The molecule has 0 aliphatic heterocycles. The zero-order valence-electron chi connectivity index (χ0n) is 32.2. The molecule has 4 radical (unpaired) electrons. The number of hydrogen-bond donors (Lipinski definition) is 12. The average Bonchev–Trinajstić information content (AvgIpc) is 3.69. The number of aromatic hydroxyl groups is 12. The van der Waals surface area contributed by atoms with Gasteiger partial charge in [0.2, 0.25) is 23.0 Å². The lowest BCUT2D eigenvalue weighted by Gasteiger charge is -2.23. The zero-order chi connectivity index (χ0) is 44.5. The minimum Gasteiger partial charge on any atom is -0.508 e. The van der Waals surface area contributed by atoms with Gasteiger partial charge in [-0.25, -0.2) is 0 Å². The highest BCUT2D eigenvalue weighted by molar-refractivity contribution is 6.42. The molecule has 304 valence electrons. The summed E-state index contributed by atoms with van der Waals surface area (Å²) in [6.07, 6.45) is 0. The van der Waals surface area contributed by atoms with E-state index >= 15 is 0 Å².